The number of aryl methyl sites for hydroxylation is 1. The maximum atomic E-state index is 11.6. The maximum Gasteiger partial charge on any atom is 0.219 e. The van der Waals surface area contributed by atoms with E-state index >= 15 is 0 Å². The minimum absolute atomic E-state index is 0.198. The number of nitrogens with zero attached hydrogens (tertiary/aromatic N) is 4. The Bertz CT molecular complexity index is 872. The average molecular weight is 351 g/mol. The summed E-state index contributed by atoms with van der Waals surface area (Å²) < 4.78 is 2.41. The first kappa shape index (κ1) is 15.9. The topological polar surface area (TPSA) is 77.0 Å². The molecule has 6 heteroatoms. The van der Waals surface area contributed by atoms with Crippen LogP contribution >= 0.6 is 0 Å². The van der Waals surface area contributed by atoms with E-state index in [2.05, 4.69) is 21.8 Å². The second-order valence-electron chi connectivity index (χ2n) is 8.27. The molecule has 136 valence electrons. The monoisotopic (exact) mass is 351 g/mol. The molecule has 1 amide bonds. The summed E-state index contributed by atoms with van der Waals surface area (Å²) in [7, 11) is 0. The van der Waals surface area contributed by atoms with Crippen molar-refractivity contribution in [2.45, 2.75) is 39.2 Å². The van der Waals surface area contributed by atoms with Gasteiger partial charge in [-0.25, -0.2) is 9.97 Å². The number of piperidine rings is 1. The molecule has 2 N–H and O–H groups in total. The molecule has 1 unspecified atom stereocenters. The largest absolute Gasteiger partial charge is 0.383 e. The highest BCUT2D eigenvalue weighted by molar-refractivity contribution is 5.74. The first-order valence-electron chi connectivity index (χ1n) is 9.57. The molecule has 3 fully saturated rings. The maximum absolute atomic E-state index is 11.6. The molecule has 26 heavy (non-hydrogen) atoms. The first-order chi connectivity index (χ1) is 12.5. The Hall–Kier alpha value is -2.37. The van der Waals surface area contributed by atoms with Crippen LogP contribution < -0.4 is 5.73 Å². The molecular formula is C20H25N5O. The second kappa shape index (κ2) is 5.56. The van der Waals surface area contributed by atoms with Crippen molar-refractivity contribution in [1.29, 1.82) is 0 Å². The van der Waals surface area contributed by atoms with Gasteiger partial charge in [0.25, 0.3) is 0 Å². The molecule has 0 spiro atoms. The summed E-state index contributed by atoms with van der Waals surface area (Å²) in [4.78, 5) is 22.9. The van der Waals surface area contributed by atoms with E-state index in [1.54, 1.807) is 6.92 Å². The summed E-state index contributed by atoms with van der Waals surface area (Å²) in [5, 5.41) is 0. The van der Waals surface area contributed by atoms with Crippen LogP contribution in [0.25, 0.3) is 11.3 Å². The van der Waals surface area contributed by atoms with Crippen LogP contribution in [0.3, 0.4) is 0 Å². The van der Waals surface area contributed by atoms with Crippen molar-refractivity contribution in [3.8, 4) is 11.3 Å². The predicted molar refractivity (Wildman–Crippen MR) is 99.3 cm³/mol. The molecule has 0 radical (unpaired) electrons. The zero-order chi connectivity index (χ0) is 18.0. The Morgan fingerprint density at radius 2 is 2.04 bits per heavy atom. The summed E-state index contributed by atoms with van der Waals surface area (Å²) in [6, 6.07) is 2.57. The molecule has 2 aromatic heterocycles. The summed E-state index contributed by atoms with van der Waals surface area (Å²) in [6.07, 6.45) is 7.72. The number of amides is 1. The summed E-state index contributed by atoms with van der Waals surface area (Å²) in [6.45, 7) is 5.44. The van der Waals surface area contributed by atoms with Crippen molar-refractivity contribution >= 4 is 11.7 Å². The third-order valence-electron chi connectivity index (χ3n) is 6.31. The van der Waals surface area contributed by atoms with Gasteiger partial charge in [0.2, 0.25) is 5.91 Å². The number of nitrogens with two attached hydrogens (primary N) is 1. The third kappa shape index (κ3) is 2.59. The number of rotatable bonds is 4. The van der Waals surface area contributed by atoms with E-state index in [9.17, 15) is 4.79 Å². The molecule has 1 aliphatic heterocycles. The molecule has 5 rings (SSSR count). The fraction of sp³-hybridized carbons (Fsp3) is 0.550. The molecule has 0 bridgehead atoms. The SMILES string of the molecule is CC(=O)N1C[C@@H]2C(n3cc(-c4cnc(N)c(C)c4)nc3CC3CC3)[C@@H]2C1. The number of imidazole rings is 1. The van der Waals surface area contributed by atoms with Gasteiger partial charge in [-0.05, 0) is 37.3 Å². The number of anilines is 1. The van der Waals surface area contributed by atoms with Crippen LogP contribution in [0.4, 0.5) is 5.82 Å². The van der Waals surface area contributed by atoms with Crippen LogP contribution in [0.15, 0.2) is 18.5 Å². The van der Waals surface area contributed by atoms with E-state index in [1.807, 2.05) is 18.0 Å². The van der Waals surface area contributed by atoms with E-state index in [1.165, 1.54) is 18.7 Å². The lowest BCUT2D eigenvalue weighted by Crippen LogP contribution is -2.29. The van der Waals surface area contributed by atoms with E-state index in [0.717, 1.165) is 42.2 Å². The molecule has 3 heterocycles. The highest BCUT2D eigenvalue weighted by atomic mass is 16.2. The van der Waals surface area contributed by atoms with Crippen molar-refractivity contribution in [3.05, 3.63) is 29.8 Å². The van der Waals surface area contributed by atoms with Gasteiger partial charge in [0.05, 0.1) is 5.69 Å². The number of nitrogen functional groups attached to an aromatic ring is 1. The third-order valence-corrected chi connectivity index (χ3v) is 6.31. The van der Waals surface area contributed by atoms with Gasteiger partial charge in [-0.15, -0.1) is 0 Å². The highest BCUT2D eigenvalue weighted by Crippen LogP contribution is 2.56. The standard InChI is InChI=1S/C20H25N5O/c1-11-5-14(7-22-20(11)21)17-10-25(18(23-17)6-13-3-4-13)19-15-8-24(12(2)26)9-16(15)19/h5,7,10,13,15-16,19H,3-4,6,8-9H2,1-2H3,(H2,21,22)/t15-,16+,19?. The van der Waals surface area contributed by atoms with Gasteiger partial charge in [0, 0.05) is 62.3 Å². The number of hydrogen-bond acceptors (Lipinski definition) is 4. The minimum atomic E-state index is 0.198. The molecule has 3 aliphatic rings. The fourth-order valence-electron chi connectivity index (χ4n) is 4.45. The molecular weight excluding hydrogens is 326 g/mol. The zero-order valence-corrected chi connectivity index (χ0v) is 15.4. The van der Waals surface area contributed by atoms with Crippen molar-refractivity contribution in [2.24, 2.45) is 17.8 Å². The number of carbonyl (C=O) groups excluding carboxylic acids is 1. The number of likely N-dealkylation sites (tertiary alicyclic amines) is 1. The Morgan fingerprint density at radius 1 is 1.31 bits per heavy atom. The van der Waals surface area contributed by atoms with Crippen molar-refractivity contribution in [2.75, 3.05) is 18.8 Å². The smallest absolute Gasteiger partial charge is 0.219 e. The van der Waals surface area contributed by atoms with Crippen LogP contribution in [0, 0.1) is 24.7 Å². The lowest BCUT2D eigenvalue weighted by atomic mass is 10.1. The van der Waals surface area contributed by atoms with Crippen LogP contribution in [0.5, 0.6) is 0 Å². The minimum Gasteiger partial charge on any atom is -0.383 e. The van der Waals surface area contributed by atoms with Crippen LogP contribution in [0.2, 0.25) is 0 Å². The van der Waals surface area contributed by atoms with Crippen molar-refractivity contribution < 1.29 is 4.79 Å². The predicted octanol–water partition coefficient (Wildman–Crippen LogP) is 2.44. The first-order valence-corrected chi connectivity index (χ1v) is 9.57. The Labute approximate surface area is 153 Å². The molecule has 1 saturated heterocycles. The van der Waals surface area contributed by atoms with Crippen molar-refractivity contribution in [3.63, 3.8) is 0 Å². The molecule has 0 aromatic carbocycles. The van der Waals surface area contributed by atoms with Gasteiger partial charge in [0.1, 0.15) is 11.6 Å². The van der Waals surface area contributed by atoms with Crippen LogP contribution in [-0.4, -0.2) is 38.4 Å². The lowest BCUT2D eigenvalue weighted by Gasteiger charge is -2.19. The Balaban J connectivity index is 1.44. The van der Waals surface area contributed by atoms with Gasteiger partial charge >= 0.3 is 0 Å². The van der Waals surface area contributed by atoms with Crippen molar-refractivity contribution in [1.82, 2.24) is 19.4 Å². The molecule has 3 atom stereocenters. The molecule has 2 aliphatic carbocycles. The van der Waals surface area contributed by atoms with Gasteiger partial charge in [0.15, 0.2) is 0 Å². The fourth-order valence-corrected chi connectivity index (χ4v) is 4.45. The zero-order valence-electron chi connectivity index (χ0n) is 15.4. The Morgan fingerprint density at radius 3 is 2.65 bits per heavy atom. The highest BCUT2D eigenvalue weighted by Gasteiger charge is 2.58. The van der Waals surface area contributed by atoms with Gasteiger partial charge in [-0.3, -0.25) is 4.79 Å². The summed E-state index contributed by atoms with van der Waals surface area (Å²) >= 11 is 0. The van der Waals surface area contributed by atoms with Crippen LogP contribution in [0.1, 0.15) is 37.2 Å². The number of pyridine rings is 1. The number of aromatic nitrogens is 3. The summed E-state index contributed by atoms with van der Waals surface area (Å²) in [5.41, 5.74) is 8.87. The van der Waals surface area contributed by atoms with Crippen LogP contribution in [-0.2, 0) is 11.2 Å². The van der Waals surface area contributed by atoms with E-state index in [0.29, 0.717) is 23.7 Å². The molecule has 2 aromatic rings. The van der Waals surface area contributed by atoms with E-state index in [-0.39, 0.29) is 5.91 Å². The molecule has 6 nitrogen and oxygen atoms in total. The number of fused-ring (bicyclic) bond motifs is 1. The average Bonchev–Trinajstić information content (AvgIpc) is 3.45. The van der Waals surface area contributed by atoms with Gasteiger partial charge in [-0.1, -0.05) is 0 Å². The number of hydrogen-bond donors (Lipinski definition) is 1. The quantitative estimate of drug-likeness (QED) is 0.918. The molecule has 2 saturated carbocycles. The van der Waals surface area contributed by atoms with Gasteiger partial charge < -0.3 is 15.2 Å². The summed E-state index contributed by atoms with van der Waals surface area (Å²) in [5.74, 6) is 3.94. The van der Waals surface area contributed by atoms with Gasteiger partial charge in [-0.2, -0.15) is 0 Å². The van der Waals surface area contributed by atoms with E-state index < -0.39 is 0 Å². The lowest BCUT2D eigenvalue weighted by molar-refractivity contribution is -0.128. The second-order valence-corrected chi connectivity index (χ2v) is 8.27. The normalized spacial score (nSPS) is 26.8. The van der Waals surface area contributed by atoms with E-state index in [4.69, 9.17) is 10.7 Å². The Kier molecular flexibility index (Phi) is 3.39. The number of carbonyl (C=O) groups is 1.